The Morgan fingerprint density at radius 2 is 2.17 bits per heavy atom. The van der Waals surface area contributed by atoms with Gasteiger partial charge in [0.25, 0.3) is 0 Å². The fourth-order valence-electron chi connectivity index (χ4n) is 1.64. The largest absolute Gasteiger partial charge is 0.307 e. The normalized spacial score (nSPS) is 20.5. The van der Waals surface area contributed by atoms with E-state index in [1.165, 1.54) is 12.1 Å². The molecule has 1 aromatic heterocycles. The van der Waals surface area contributed by atoms with Gasteiger partial charge >= 0.3 is 10.2 Å². The van der Waals surface area contributed by atoms with E-state index in [4.69, 9.17) is 11.6 Å². The van der Waals surface area contributed by atoms with Gasteiger partial charge in [0.1, 0.15) is 15.7 Å². The second kappa shape index (κ2) is 4.75. The zero-order chi connectivity index (χ0) is 13.5. The van der Waals surface area contributed by atoms with Gasteiger partial charge in [-0.15, -0.1) is 3.89 Å². The molecule has 1 aromatic rings. The molecule has 2 rings (SSSR count). The maximum atomic E-state index is 12.8. The van der Waals surface area contributed by atoms with Gasteiger partial charge in [0, 0.05) is 13.0 Å². The maximum Gasteiger partial charge on any atom is 0.307 e. The molecule has 2 heterocycles. The van der Waals surface area contributed by atoms with Crippen molar-refractivity contribution in [2.45, 2.75) is 11.7 Å². The van der Waals surface area contributed by atoms with Crippen molar-refractivity contribution < 1.29 is 17.1 Å². The van der Waals surface area contributed by atoms with E-state index in [9.17, 15) is 17.1 Å². The lowest BCUT2D eigenvalue weighted by atomic mass is 10.4. The summed E-state index contributed by atoms with van der Waals surface area (Å²) >= 11 is 8.85. The lowest BCUT2D eigenvalue weighted by Crippen LogP contribution is -2.27. The van der Waals surface area contributed by atoms with Gasteiger partial charge in [-0.25, -0.2) is 4.98 Å². The van der Waals surface area contributed by atoms with E-state index in [1.807, 2.05) is 0 Å². The van der Waals surface area contributed by atoms with Crippen LogP contribution in [0, 0.1) is 0 Å². The van der Waals surface area contributed by atoms with E-state index in [0.29, 0.717) is 9.63 Å². The van der Waals surface area contributed by atoms with E-state index >= 15 is 0 Å². The molecule has 0 aromatic carbocycles. The molecule has 0 radical (unpaired) electrons. The third-order valence-corrected chi connectivity index (χ3v) is 4.80. The van der Waals surface area contributed by atoms with Crippen molar-refractivity contribution in [2.24, 2.45) is 0 Å². The SMILES string of the molecule is O=C1CC(S(=O)(=O)F)CN1c1ccc(Cl)c(Br)n1. The number of anilines is 1. The smallest absolute Gasteiger partial charge is 0.295 e. The summed E-state index contributed by atoms with van der Waals surface area (Å²) in [5.41, 5.74) is 0. The summed E-state index contributed by atoms with van der Waals surface area (Å²) in [6.45, 7) is -0.237. The summed E-state index contributed by atoms with van der Waals surface area (Å²) in [6, 6.07) is 2.98. The molecule has 5 nitrogen and oxygen atoms in total. The lowest BCUT2D eigenvalue weighted by Gasteiger charge is -2.15. The maximum absolute atomic E-state index is 12.8. The van der Waals surface area contributed by atoms with Gasteiger partial charge < -0.3 is 0 Å². The van der Waals surface area contributed by atoms with Crippen molar-refractivity contribution in [3.05, 3.63) is 21.8 Å². The van der Waals surface area contributed by atoms with Crippen LogP contribution in [0.5, 0.6) is 0 Å². The Bertz CT molecular complexity index is 610. The zero-order valence-corrected chi connectivity index (χ0v) is 12.0. The quantitative estimate of drug-likeness (QED) is 0.599. The molecule has 1 fully saturated rings. The molecule has 0 aliphatic carbocycles. The van der Waals surface area contributed by atoms with Crippen LogP contribution in [0.1, 0.15) is 6.42 Å². The monoisotopic (exact) mass is 356 g/mol. The Labute approximate surface area is 116 Å². The molecule has 9 heteroatoms. The summed E-state index contributed by atoms with van der Waals surface area (Å²) in [6.07, 6.45) is -0.374. The molecule has 1 unspecified atom stereocenters. The number of hydrogen-bond acceptors (Lipinski definition) is 4. The first-order valence-electron chi connectivity index (χ1n) is 4.85. The van der Waals surface area contributed by atoms with Gasteiger partial charge in [0.15, 0.2) is 0 Å². The van der Waals surface area contributed by atoms with Crippen LogP contribution < -0.4 is 4.90 Å². The Hall–Kier alpha value is -0.730. The average Bonchev–Trinajstić information content (AvgIpc) is 2.64. The number of hydrogen-bond donors (Lipinski definition) is 0. The molecule has 1 amide bonds. The number of amides is 1. The molecule has 1 aliphatic rings. The molecule has 0 N–H and O–H groups in total. The van der Waals surface area contributed by atoms with E-state index in [2.05, 4.69) is 20.9 Å². The first-order valence-corrected chi connectivity index (χ1v) is 7.46. The first kappa shape index (κ1) is 13.7. The van der Waals surface area contributed by atoms with Crippen LogP contribution in [0.4, 0.5) is 9.70 Å². The van der Waals surface area contributed by atoms with Gasteiger partial charge in [0.2, 0.25) is 5.91 Å². The highest BCUT2D eigenvalue weighted by Crippen LogP contribution is 2.28. The van der Waals surface area contributed by atoms with Crippen molar-refractivity contribution in [1.29, 1.82) is 0 Å². The topological polar surface area (TPSA) is 67.3 Å². The number of rotatable bonds is 2. The van der Waals surface area contributed by atoms with Crippen LogP contribution in [0.3, 0.4) is 0 Å². The van der Waals surface area contributed by atoms with E-state index < -0.39 is 21.4 Å². The van der Waals surface area contributed by atoms with Crippen molar-refractivity contribution >= 4 is 49.5 Å². The van der Waals surface area contributed by atoms with Gasteiger partial charge in [-0.1, -0.05) is 11.6 Å². The molecule has 98 valence electrons. The standard InChI is InChI=1S/C9H7BrClFN2O3S/c10-9-6(11)1-2-7(13-9)14-4-5(3-8(14)15)18(12,16)17/h1-2,5H,3-4H2. The molecule has 1 aliphatic heterocycles. The number of carbonyl (C=O) groups excluding carboxylic acids is 1. The Kier molecular flexibility index (Phi) is 3.61. The van der Waals surface area contributed by atoms with Crippen molar-refractivity contribution in [2.75, 3.05) is 11.4 Å². The number of pyridine rings is 1. The molecule has 1 atom stereocenters. The third kappa shape index (κ3) is 2.65. The Morgan fingerprint density at radius 3 is 2.67 bits per heavy atom. The highest BCUT2D eigenvalue weighted by molar-refractivity contribution is 9.10. The van der Waals surface area contributed by atoms with E-state index in [1.54, 1.807) is 0 Å². The van der Waals surface area contributed by atoms with Crippen LogP contribution in [-0.2, 0) is 15.0 Å². The van der Waals surface area contributed by atoms with Gasteiger partial charge in [-0.3, -0.25) is 9.69 Å². The Morgan fingerprint density at radius 1 is 1.50 bits per heavy atom. The van der Waals surface area contributed by atoms with Crippen LogP contribution in [-0.4, -0.2) is 31.1 Å². The number of nitrogens with zero attached hydrogens (tertiary/aromatic N) is 2. The molecular weight excluding hydrogens is 351 g/mol. The molecule has 0 saturated carbocycles. The highest BCUT2D eigenvalue weighted by Gasteiger charge is 2.39. The predicted octanol–water partition coefficient (Wildman–Crippen LogP) is 1.90. The lowest BCUT2D eigenvalue weighted by molar-refractivity contribution is -0.117. The van der Waals surface area contributed by atoms with Crippen molar-refractivity contribution in [3.63, 3.8) is 0 Å². The van der Waals surface area contributed by atoms with Gasteiger partial charge in [0.05, 0.1) is 5.02 Å². The van der Waals surface area contributed by atoms with E-state index in [0.717, 1.165) is 4.90 Å². The molecular formula is C9H7BrClFN2O3S. The summed E-state index contributed by atoms with van der Waals surface area (Å²) < 4.78 is 34.7. The molecule has 0 bridgehead atoms. The third-order valence-electron chi connectivity index (χ3n) is 2.55. The first-order chi connectivity index (χ1) is 8.29. The summed E-state index contributed by atoms with van der Waals surface area (Å²) in [7, 11) is -4.72. The summed E-state index contributed by atoms with van der Waals surface area (Å²) in [5.74, 6) is -0.245. The van der Waals surface area contributed by atoms with Crippen LogP contribution in [0.25, 0.3) is 0 Å². The second-order valence-electron chi connectivity index (χ2n) is 3.75. The van der Waals surface area contributed by atoms with Crippen LogP contribution >= 0.6 is 27.5 Å². The number of halogens is 3. The summed E-state index contributed by atoms with van der Waals surface area (Å²) in [5, 5.41) is -0.971. The highest BCUT2D eigenvalue weighted by atomic mass is 79.9. The minimum atomic E-state index is -4.72. The second-order valence-corrected chi connectivity index (χ2v) is 6.52. The van der Waals surface area contributed by atoms with Crippen molar-refractivity contribution in [1.82, 2.24) is 4.98 Å². The van der Waals surface area contributed by atoms with Crippen LogP contribution in [0.15, 0.2) is 16.7 Å². The van der Waals surface area contributed by atoms with Crippen LogP contribution in [0.2, 0.25) is 5.02 Å². The minimum Gasteiger partial charge on any atom is -0.295 e. The van der Waals surface area contributed by atoms with Gasteiger partial charge in [-0.2, -0.15) is 8.42 Å². The molecule has 18 heavy (non-hydrogen) atoms. The predicted molar refractivity (Wildman–Crippen MR) is 67.7 cm³/mol. The Balaban J connectivity index is 2.30. The summed E-state index contributed by atoms with van der Waals surface area (Å²) in [4.78, 5) is 16.8. The molecule has 1 saturated heterocycles. The fourth-order valence-corrected chi connectivity index (χ4v) is 2.73. The zero-order valence-electron chi connectivity index (χ0n) is 8.81. The average molecular weight is 358 g/mol. The number of aromatic nitrogens is 1. The number of carbonyl (C=O) groups is 1. The minimum absolute atomic E-state index is 0.237. The van der Waals surface area contributed by atoms with Crippen molar-refractivity contribution in [3.8, 4) is 0 Å². The van der Waals surface area contributed by atoms with Gasteiger partial charge in [-0.05, 0) is 28.1 Å². The fraction of sp³-hybridized carbons (Fsp3) is 0.333. The molecule has 0 spiro atoms. The van der Waals surface area contributed by atoms with E-state index in [-0.39, 0.29) is 18.8 Å².